The molecule has 146 valence electrons. The fraction of sp³-hybridized carbons (Fsp3) is 0.286. The predicted octanol–water partition coefficient (Wildman–Crippen LogP) is 3.68. The molecule has 0 spiro atoms. The normalized spacial score (nSPS) is 10.8. The molecule has 0 amide bonds. The number of rotatable bonds is 7. The van der Waals surface area contributed by atoms with Crippen LogP contribution in [0.4, 0.5) is 0 Å². The second kappa shape index (κ2) is 8.89. The van der Waals surface area contributed by atoms with Crippen molar-refractivity contribution >= 4 is 28.5 Å². The van der Waals surface area contributed by atoms with Gasteiger partial charge in [0.2, 0.25) is 0 Å². The lowest BCUT2D eigenvalue weighted by Gasteiger charge is -2.11. The number of carbonyl (C=O) groups is 1. The zero-order chi connectivity index (χ0) is 20.1. The summed E-state index contributed by atoms with van der Waals surface area (Å²) < 4.78 is 12.2. The smallest absolute Gasteiger partial charge is 0.344 e. The fourth-order valence-electron chi connectivity index (χ4n) is 2.84. The van der Waals surface area contributed by atoms with Crippen LogP contribution in [0.5, 0.6) is 5.75 Å². The standard InChI is InChI=1S/C21H21ClN2O4/c1-14-12-16(8-9-18(14)22)28-13-20(25)27-11-5-10-24-15(2)23-19-7-4-3-6-17(19)21(24)26/h3-4,6-9,12H,5,10-11,13H2,1-2H3. The van der Waals surface area contributed by atoms with Gasteiger partial charge in [-0.2, -0.15) is 0 Å². The molecule has 0 fully saturated rings. The molecule has 0 saturated carbocycles. The number of aryl methyl sites for hydroxylation is 2. The summed E-state index contributed by atoms with van der Waals surface area (Å²) in [4.78, 5) is 28.9. The number of esters is 1. The Morgan fingerprint density at radius 2 is 1.96 bits per heavy atom. The van der Waals surface area contributed by atoms with E-state index in [2.05, 4.69) is 4.98 Å². The first kappa shape index (κ1) is 19.9. The number of aromatic nitrogens is 2. The monoisotopic (exact) mass is 400 g/mol. The number of ether oxygens (including phenoxy) is 2. The largest absolute Gasteiger partial charge is 0.482 e. The number of nitrogens with zero attached hydrogens (tertiary/aromatic N) is 2. The lowest BCUT2D eigenvalue weighted by Crippen LogP contribution is -2.25. The first-order valence-electron chi connectivity index (χ1n) is 8.96. The van der Waals surface area contributed by atoms with Crippen molar-refractivity contribution in [3.05, 3.63) is 69.2 Å². The summed E-state index contributed by atoms with van der Waals surface area (Å²) in [6, 6.07) is 12.4. The third-order valence-electron chi connectivity index (χ3n) is 4.33. The Morgan fingerprint density at radius 1 is 1.18 bits per heavy atom. The van der Waals surface area contributed by atoms with Crippen LogP contribution in [0.2, 0.25) is 5.02 Å². The molecule has 0 unspecified atom stereocenters. The Bertz CT molecular complexity index is 1060. The first-order chi connectivity index (χ1) is 13.5. The number of para-hydroxylation sites is 1. The second-order valence-corrected chi connectivity index (χ2v) is 6.81. The minimum Gasteiger partial charge on any atom is -0.482 e. The highest BCUT2D eigenvalue weighted by atomic mass is 35.5. The fourth-order valence-corrected chi connectivity index (χ4v) is 2.96. The van der Waals surface area contributed by atoms with Crippen molar-refractivity contribution in [3.8, 4) is 5.75 Å². The van der Waals surface area contributed by atoms with Crippen LogP contribution in [-0.4, -0.2) is 28.7 Å². The van der Waals surface area contributed by atoms with E-state index < -0.39 is 5.97 Å². The maximum absolute atomic E-state index is 12.6. The highest BCUT2D eigenvalue weighted by molar-refractivity contribution is 6.31. The molecule has 1 aromatic heterocycles. The van der Waals surface area contributed by atoms with Gasteiger partial charge in [0.25, 0.3) is 5.56 Å². The quantitative estimate of drug-likeness (QED) is 0.447. The van der Waals surface area contributed by atoms with Crippen molar-refractivity contribution in [1.82, 2.24) is 9.55 Å². The van der Waals surface area contributed by atoms with Gasteiger partial charge in [-0.3, -0.25) is 9.36 Å². The van der Waals surface area contributed by atoms with Gasteiger partial charge < -0.3 is 9.47 Å². The molecule has 0 bridgehead atoms. The van der Waals surface area contributed by atoms with Gasteiger partial charge in [-0.1, -0.05) is 23.7 Å². The van der Waals surface area contributed by atoms with E-state index in [0.717, 1.165) is 5.56 Å². The van der Waals surface area contributed by atoms with Crippen LogP contribution in [0.1, 0.15) is 17.8 Å². The molecule has 2 aromatic carbocycles. The molecule has 0 radical (unpaired) electrons. The number of halogens is 1. The third-order valence-corrected chi connectivity index (χ3v) is 4.75. The molecule has 0 aliphatic heterocycles. The van der Waals surface area contributed by atoms with Crippen molar-refractivity contribution in [2.45, 2.75) is 26.8 Å². The van der Waals surface area contributed by atoms with E-state index in [1.54, 1.807) is 35.8 Å². The number of carbonyl (C=O) groups excluding carboxylic acids is 1. The molecular formula is C21H21ClN2O4. The Hall–Kier alpha value is -2.86. The molecule has 3 rings (SSSR count). The number of hydrogen-bond donors (Lipinski definition) is 0. The number of fused-ring (bicyclic) bond motifs is 1. The zero-order valence-corrected chi connectivity index (χ0v) is 16.5. The minimum atomic E-state index is -0.465. The Morgan fingerprint density at radius 3 is 2.75 bits per heavy atom. The molecule has 28 heavy (non-hydrogen) atoms. The Balaban J connectivity index is 1.49. The molecule has 0 aliphatic carbocycles. The zero-order valence-electron chi connectivity index (χ0n) is 15.8. The van der Waals surface area contributed by atoms with Gasteiger partial charge in [0, 0.05) is 11.6 Å². The topological polar surface area (TPSA) is 70.4 Å². The van der Waals surface area contributed by atoms with Crippen LogP contribution in [0.25, 0.3) is 10.9 Å². The van der Waals surface area contributed by atoms with Crippen molar-refractivity contribution in [3.63, 3.8) is 0 Å². The van der Waals surface area contributed by atoms with Crippen molar-refractivity contribution in [2.75, 3.05) is 13.2 Å². The molecule has 7 heteroatoms. The van der Waals surface area contributed by atoms with Crippen LogP contribution in [-0.2, 0) is 16.1 Å². The van der Waals surface area contributed by atoms with Crippen LogP contribution >= 0.6 is 11.6 Å². The van der Waals surface area contributed by atoms with Gasteiger partial charge in [0.15, 0.2) is 6.61 Å². The molecule has 0 atom stereocenters. The van der Waals surface area contributed by atoms with Crippen LogP contribution in [0, 0.1) is 13.8 Å². The summed E-state index contributed by atoms with van der Waals surface area (Å²) >= 11 is 5.96. The molecular weight excluding hydrogens is 380 g/mol. The average Bonchev–Trinajstić information content (AvgIpc) is 2.68. The summed E-state index contributed by atoms with van der Waals surface area (Å²) in [5, 5.41) is 1.22. The maximum atomic E-state index is 12.6. The number of hydrogen-bond acceptors (Lipinski definition) is 5. The lowest BCUT2D eigenvalue weighted by atomic mass is 10.2. The van der Waals surface area contributed by atoms with E-state index in [4.69, 9.17) is 21.1 Å². The summed E-state index contributed by atoms with van der Waals surface area (Å²) in [6.07, 6.45) is 0.507. The summed E-state index contributed by atoms with van der Waals surface area (Å²) in [5.74, 6) is 0.730. The van der Waals surface area contributed by atoms with E-state index in [9.17, 15) is 9.59 Å². The van der Waals surface area contributed by atoms with Gasteiger partial charge in [0.1, 0.15) is 11.6 Å². The SMILES string of the molecule is Cc1cc(OCC(=O)OCCCn2c(C)nc3ccccc3c2=O)ccc1Cl. The van der Waals surface area contributed by atoms with E-state index in [0.29, 0.717) is 40.5 Å². The first-order valence-corrected chi connectivity index (χ1v) is 9.34. The summed E-state index contributed by atoms with van der Waals surface area (Å²) in [6.45, 7) is 4.09. The summed E-state index contributed by atoms with van der Waals surface area (Å²) in [5.41, 5.74) is 1.47. The molecule has 6 nitrogen and oxygen atoms in total. The van der Waals surface area contributed by atoms with Crippen molar-refractivity contribution in [1.29, 1.82) is 0 Å². The van der Waals surface area contributed by atoms with Crippen molar-refractivity contribution < 1.29 is 14.3 Å². The Kier molecular flexibility index (Phi) is 6.31. The van der Waals surface area contributed by atoms with Gasteiger partial charge in [-0.25, -0.2) is 9.78 Å². The van der Waals surface area contributed by atoms with E-state index in [1.807, 2.05) is 25.1 Å². The van der Waals surface area contributed by atoms with E-state index in [1.165, 1.54) is 0 Å². The van der Waals surface area contributed by atoms with Gasteiger partial charge >= 0.3 is 5.97 Å². The van der Waals surface area contributed by atoms with Gasteiger partial charge in [0.05, 0.1) is 17.5 Å². The van der Waals surface area contributed by atoms with E-state index in [-0.39, 0.29) is 18.8 Å². The highest BCUT2D eigenvalue weighted by Crippen LogP contribution is 2.20. The van der Waals surface area contributed by atoms with Crippen LogP contribution < -0.4 is 10.3 Å². The molecule has 3 aromatic rings. The second-order valence-electron chi connectivity index (χ2n) is 6.41. The minimum absolute atomic E-state index is 0.0872. The van der Waals surface area contributed by atoms with Gasteiger partial charge in [-0.05, 0) is 56.2 Å². The maximum Gasteiger partial charge on any atom is 0.344 e. The van der Waals surface area contributed by atoms with Gasteiger partial charge in [-0.15, -0.1) is 0 Å². The predicted molar refractivity (Wildman–Crippen MR) is 108 cm³/mol. The molecule has 0 N–H and O–H groups in total. The molecule has 0 saturated heterocycles. The van der Waals surface area contributed by atoms with Crippen LogP contribution in [0.15, 0.2) is 47.3 Å². The van der Waals surface area contributed by atoms with E-state index >= 15 is 0 Å². The summed E-state index contributed by atoms with van der Waals surface area (Å²) in [7, 11) is 0. The highest BCUT2D eigenvalue weighted by Gasteiger charge is 2.09. The molecule has 1 heterocycles. The number of benzene rings is 2. The molecule has 0 aliphatic rings. The Labute approximate surface area is 167 Å². The van der Waals surface area contributed by atoms with Crippen LogP contribution in [0.3, 0.4) is 0 Å². The van der Waals surface area contributed by atoms with Crippen molar-refractivity contribution in [2.24, 2.45) is 0 Å². The third kappa shape index (κ3) is 4.70. The average molecular weight is 401 g/mol. The lowest BCUT2D eigenvalue weighted by molar-refractivity contribution is -0.146.